The molecule has 1 amide bonds. The van der Waals surface area contributed by atoms with Gasteiger partial charge in [0.25, 0.3) is 0 Å². The third-order valence-electron chi connectivity index (χ3n) is 2.76. The largest absolute Gasteiger partial charge is 0.425 e. The molecule has 1 atom stereocenters. The zero-order chi connectivity index (χ0) is 15.3. The Morgan fingerprint density at radius 1 is 1.05 bits per heavy atom. The quantitative estimate of drug-likeness (QED) is 0.507. The minimum absolute atomic E-state index is 0.0545. The molecule has 5 heteroatoms. The molecule has 1 aromatic rings. The van der Waals surface area contributed by atoms with E-state index in [4.69, 9.17) is 4.74 Å². The molecule has 0 bridgehead atoms. The van der Waals surface area contributed by atoms with Crippen LogP contribution in [0, 0.1) is 5.92 Å². The summed E-state index contributed by atoms with van der Waals surface area (Å²) in [7, 11) is 0. The second-order valence-corrected chi connectivity index (χ2v) is 4.92. The maximum atomic E-state index is 12.0. The summed E-state index contributed by atoms with van der Waals surface area (Å²) in [6.07, 6.45) is 0. The Balaban J connectivity index is 2.77. The van der Waals surface area contributed by atoms with Gasteiger partial charge in [-0.1, -0.05) is 13.8 Å². The van der Waals surface area contributed by atoms with Gasteiger partial charge in [-0.3, -0.25) is 9.59 Å². The molecule has 0 aromatic heterocycles. The van der Waals surface area contributed by atoms with Gasteiger partial charge < -0.3 is 10.1 Å². The molecule has 108 valence electrons. The highest BCUT2D eigenvalue weighted by atomic mass is 16.5. The molecule has 0 aliphatic rings. The van der Waals surface area contributed by atoms with E-state index in [1.807, 2.05) is 13.8 Å². The zero-order valence-corrected chi connectivity index (χ0v) is 12.1. The Morgan fingerprint density at radius 3 is 2.00 bits per heavy atom. The number of hydrogen-bond donors (Lipinski definition) is 1. The second kappa shape index (κ2) is 6.84. The highest BCUT2D eigenvalue weighted by Gasteiger charge is 2.25. The van der Waals surface area contributed by atoms with E-state index >= 15 is 0 Å². The van der Waals surface area contributed by atoms with Crippen molar-refractivity contribution in [2.24, 2.45) is 5.92 Å². The lowest BCUT2D eigenvalue weighted by atomic mass is 10.0. The van der Waals surface area contributed by atoms with E-state index in [2.05, 4.69) is 5.32 Å². The summed E-state index contributed by atoms with van der Waals surface area (Å²) in [5, 5.41) is 2.56. The van der Waals surface area contributed by atoms with Crippen LogP contribution in [0.2, 0.25) is 0 Å². The first-order valence-electron chi connectivity index (χ1n) is 6.41. The van der Waals surface area contributed by atoms with Crippen LogP contribution in [0.25, 0.3) is 0 Å². The number of esters is 1. The molecule has 0 saturated heterocycles. The van der Waals surface area contributed by atoms with Crippen LogP contribution >= 0.6 is 0 Å². The maximum absolute atomic E-state index is 12.0. The molecule has 0 aliphatic carbocycles. The van der Waals surface area contributed by atoms with Gasteiger partial charge in [0.2, 0.25) is 5.91 Å². The van der Waals surface area contributed by atoms with Crippen LogP contribution in [0.4, 0.5) is 0 Å². The summed E-state index contributed by atoms with van der Waals surface area (Å²) >= 11 is 0. The zero-order valence-electron chi connectivity index (χ0n) is 12.1. The SMILES string of the molecule is CC(=O)N[C@@H](C(=O)Oc1ccc(C(C)=O)cc1)C(C)C. The summed E-state index contributed by atoms with van der Waals surface area (Å²) < 4.78 is 5.21. The van der Waals surface area contributed by atoms with Gasteiger partial charge in [0, 0.05) is 12.5 Å². The first kappa shape index (κ1) is 15.9. The van der Waals surface area contributed by atoms with E-state index in [0.29, 0.717) is 11.3 Å². The van der Waals surface area contributed by atoms with Crippen LogP contribution < -0.4 is 10.1 Å². The predicted octanol–water partition coefficient (Wildman–Crippen LogP) is 1.96. The monoisotopic (exact) mass is 277 g/mol. The van der Waals surface area contributed by atoms with Crippen molar-refractivity contribution in [3.63, 3.8) is 0 Å². The van der Waals surface area contributed by atoms with E-state index in [1.54, 1.807) is 24.3 Å². The first-order chi connectivity index (χ1) is 9.31. The molecule has 0 radical (unpaired) electrons. The smallest absolute Gasteiger partial charge is 0.334 e. The van der Waals surface area contributed by atoms with Crippen LogP contribution in [0.3, 0.4) is 0 Å². The summed E-state index contributed by atoms with van der Waals surface area (Å²) in [6.45, 7) is 6.46. The predicted molar refractivity (Wildman–Crippen MR) is 74.5 cm³/mol. The van der Waals surface area contributed by atoms with E-state index < -0.39 is 12.0 Å². The van der Waals surface area contributed by atoms with Gasteiger partial charge in [-0.15, -0.1) is 0 Å². The van der Waals surface area contributed by atoms with Gasteiger partial charge in [-0.05, 0) is 37.1 Å². The average Bonchev–Trinajstić information content (AvgIpc) is 2.35. The topological polar surface area (TPSA) is 72.5 Å². The summed E-state index contributed by atoms with van der Waals surface area (Å²) in [5.41, 5.74) is 0.548. The molecule has 0 aliphatic heterocycles. The van der Waals surface area contributed by atoms with Crippen molar-refractivity contribution in [3.8, 4) is 5.75 Å². The number of carbonyl (C=O) groups excluding carboxylic acids is 3. The van der Waals surface area contributed by atoms with Gasteiger partial charge in [0.05, 0.1) is 0 Å². The fourth-order valence-corrected chi connectivity index (χ4v) is 1.65. The molecule has 0 fully saturated rings. The molecule has 0 spiro atoms. The van der Waals surface area contributed by atoms with Crippen LogP contribution in [0.15, 0.2) is 24.3 Å². The third kappa shape index (κ3) is 4.50. The Kier molecular flexibility index (Phi) is 5.43. The minimum atomic E-state index is -0.694. The average molecular weight is 277 g/mol. The Hall–Kier alpha value is -2.17. The van der Waals surface area contributed by atoms with Crippen molar-refractivity contribution in [2.75, 3.05) is 0 Å². The lowest BCUT2D eigenvalue weighted by molar-refractivity contribution is -0.140. The van der Waals surface area contributed by atoms with E-state index in [0.717, 1.165) is 0 Å². The van der Waals surface area contributed by atoms with Gasteiger partial charge in [-0.2, -0.15) is 0 Å². The van der Waals surface area contributed by atoms with Crippen molar-refractivity contribution < 1.29 is 19.1 Å². The van der Waals surface area contributed by atoms with Crippen molar-refractivity contribution in [2.45, 2.75) is 33.7 Å². The number of Topliss-reactive ketones (excluding diaryl/α,β-unsaturated/α-hetero) is 1. The number of ketones is 1. The van der Waals surface area contributed by atoms with Gasteiger partial charge >= 0.3 is 5.97 Å². The lowest BCUT2D eigenvalue weighted by Gasteiger charge is -2.19. The van der Waals surface area contributed by atoms with Gasteiger partial charge in [0.15, 0.2) is 5.78 Å². The molecule has 20 heavy (non-hydrogen) atoms. The van der Waals surface area contributed by atoms with Crippen molar-refractivity contribution >= 4 is 17.7 Å². The minimum Gasteiger partial charge on any atom is -0.425 e. The highest BCUT2D eigenvalue weighted by molar-refractivity contribution is 5.94. The molecule has 5 nitrogen and oxygen atoms in total. The summed E-state index contributed by atoms with van der Waals surface area (Å²) in [4.78, 5) is 34.2. The van der Waals surface area contributed by atoms with Crippen molar-refractivity contribution in [1.82, 2.24) is 5.32 Å². The molecule has 0 unspecified atom stereocenters. The highest BCUT2D eigenvalue weighted by Crippen LogP contribution is 2.14. The number of benzene rings is 1. The lowest BCUT2D eigenvalue weighted by Crippen LogP contribution is -2.45. The molecular formula is C15H19NO4. The van der Waals surface area contributed by atoms with Crippen LogP contribution in [-0.4, -0.2) is 23.7 Å². The number of amides is 1. The molecule has 0 saturated carbocycles. The third-order valence-corrected chi connectivity index (χ3v) is 2.76. The number of rotatable bonds is 5. The second-order valence-electron chi connectivity index (χ2n) is 4.92. The molecular weight excluding hydrogens is 258 g/mol. The van der Waals surface area contributed by atoms with E-state index in [9.17, 15) is 14.4 Å². The van der Waals surface area contributed by atoms with E-state index in [-0.39, 0.29) is 17.6 Å². The molecule has 1 N–H and O–H groups in total. The Bertz CT molecular complexity index is 505. The van der Waals surface area contributed by atoms with Crippen LogP contribution in [0.1, 0.15) is 38.1 Å². The number of nitrogens with one attached hydrogen (secondary N) is 1. The van der Waals surface area contributed by atoms with Crippen LogP contribution in [-0.2, 0) is 9.59 Å². The van der Waals surface area contributed by atoms with Crippen molar-refractivity contribution in [3.05, 3.63) is 29.8 Å². The van der Waals surface area contributed by atoms with Gasteiger partial charge in [0.1, 0.15) is 11.8 Å². The number of hydrogen-bond acceptors (Lipinski definition) is 4. The molecule has 0 heterocycles. The number of carbonyl (C=O) groups is 3. The van der Waals surface area contributed by atoms with Crippen molar-refractivity contribution in [1.29, 1.82) is 0 Å². The summed E-state index contributed by atoms with van der Waals surface area (Å²) in [5.74, 6) is -0.599. The molecule has 1 rings (SSSR count). The molecule has 1 aromatic carbocycles. The Morgan fingerprint density at radius 2 is 1.60 bits per heavy atom. The van der Waals surface area contributed by atoms with E-state index in [1.165, 1.54) is 13.8 Å². The normalized spacial score (nSPS) is 11.8. The maximum Gasteiger partial charge on any atom is 0.334 e. The van der Waals surface area contributed by atoms with Crippen LogP contribution in [0.5, 0.6) is 5.75 Å². The fraction of sp³-hybridized carbons (Fsp3) is 0.400. The number of ether oxygens (including phenoxy) is 1. The van der Waals surface area contributed by atoms with Gasteiger partial charge in [-0.25, -0.2) is 4.79 Å². The summed E-state index contributed by atoms with van der Waals surface area (Å²) in [6, 6.07) is 5.60. The standard InChI is InChI=1S/C15H19NO4/c1-9(2)14(16-11(4)18)15(19)20-13-7-5-12(6-8-13)10(3)17/h5-9,14H,1-4H3,(H,16,18)/t14-/m1/s1. The first-order valence-corrected chi connectivity index (χ1v) is 6.41. The Labute approximate surface area is 118 Å². The fourth-order valence-electron chi connectivity index (χ4n) is 1.65.